The second-order valence-corrected chi connectivity index (χ2v) is 10.7. The smallest absolute Gasteiger partial charge is 0.251 e. The Morgan fingerprint density at radius 2 is 1.67 bits per heavy atom. The summed E-state index contributed by atoms with van der Waals surface area (Å²) in [6.07, 6.45) is 2.65. The highest BCUT2D eigenvalue weighted by Crippen LogP contribution is 2.15. The third kappa shape index (κ3) is 8.30. The lowest BCUT2D eigenvalue weighted by Crippen LogP contribution is -2.39. The van der Waals surface area contributed by atoms with Crippen molar-refractivity contribution in [2.75, 3.05) is 18.4 Å². The minimum atomic E-state index is -3.26. The van der Waals surface area contributed by atoms with E-state index in [4.69, 9.17) is 0 Å². The van der Waals surface area contributed by atoms with Gasteiger partial charge in [-0.1, -0.05) is 6.42 Å². The number of aryl methyl sites for hydroxylation is 1. The second-order valence-electron chi connectivity index (χ2n) is 8.21. The van der Waals surface area contributed by atoms with Gasteiger partial charge >= 0.3 is 0 Å². The molecule has 0 spiro atoms. The lowest BCUT2D eigenvalue weighted by Gasteiger charge is -2.19. The van der Waals surface area contributed by atoms with E-state index >= 15 is 0 Å². The van der Waals surface area contributed by atoms with Gasteiger partial charge in [-0.2, -0.15) is 0 Å². The van der Waals surface area contributed by atoms with Gasteiger partial charge in [-0.05, 0) is 78.1 Å². The Balaban J connectivity index is 2.38. The molecule has 27 heavy (non-hydrogen) atoms. The Hall–Kier alpha value is -1.60. The summed E-state index contributed by atoms with van der Waals surface area (Å²) in [7, 11) is -3.26. The maximum absolute atomic E-state index is 12.2. The normalized spacial score (nSPS) is 12.3. The molecule has 1 rings (SSSR count). The molecule has 0 aliphatic carbocycles. The molecule has 0 saturated heterocycles. The van der Waals surface area contributed by atoms with E-state index in [-0.39, 0.29) is 11.9 Å². The zero-order chi connectivity index (χ0) is 20.7. The number of benzene rings is 1. The fourth-order valence-electron chi connectivity index (χ4n) is 2.44. The van der Waals surface area contributed by atoms with Gasteiger partial charge in [0.1, 0.15) is 0 Å². The Labute approximate surface area is 164 Å². The molecule has 0 fully saturated rings. The summed E-state index contributed by atoms with van der Waals surface area (Å²) >= 11 is 0. The summed E-state index contributed by atoms with van der Waals surface area (Å²) in [4.78, 5) is 12.2. The van der Waals surface area contributed by atoms with Crippen molar-refractivity contribution in [3.63, 3.8) is 0 Å². The van der Waals surface area contributed by atoms with E-state index in [2.05, 4.69) is 15.4 Å². The summed E-state index contributed by atoms with van der Waals surface area (Å²) in [5, 5.41) is 6.25. The first-order valence-electron chi connectivity index (χ1n) is 9.58. The average Bonchev–Trinajstić information content (AvgIpc) is 2.51. The zero-order valence-corrected chi connectivity index (χ0v) is 18.3. The Morgan fingerprint density at radius 3 is 2.26 bits per heavy atom. The minimum Gasteiger partial charge on any atom is -0.385 e. The molecule has 0 aromatic heterocycles. The fraction of sp³-hybridized carbons (Fsp3) is 0.650. The van der Waals surface area contributed by atoms with Crippen molar-refractivity contribution in [3.8, 4) is 0 Å². The van der Waals surface area contributed by atoms with Crippen molar-refractivity contribution in [3.05, 3.63) is 29.3 Å². The summed E-state index contributed by atoms with van der Waals surface area (Å²) in [6.45, 7) is 12.2. The molecular weight excluding hydrogens is 362 g/mol. The van der Waals surface area contributed by atoms with Gasteiger partial charge in [0, 0.05) is 30.4 Å². The topological polar surface area (TPSA) is 87.3 Å². The van der Waals surface area contributed by atoms with E-state index in [1.807, 2.05) is 39.0 Å². The molecule has 0 aliphatic rings. The number of hydrogen-bond acceptors (Lipinski definition) is 4. The number of nitrogens with one attached hydrogen (secondary N) is 3. The van der Waals surface area contributed by atoms with Crippen molar-refractivity contribution >= 4 is 21.6 Å². The molecule has 154 valence electrons. The number of sulfonamides is 1. The highest BCUT2D eigenvalue weighted by atomic mass is 32.2. The first-order valence-corrected chi connectivity index (χ1v) is 11.1. The Morgan fingerprint density at radius 1 is 1.04 bits per heavy atom. The molecule has 0 heterocycles. The van der Waals surface area contributed by atoms with Crippen LogP contribution in [0.5, 0.6) is 0 Å². The third-order valence-electron chi connectivity index (χ3n) is 4.04. The maximum Gasteiger partial charge on any atom is 0.251 e. The largest absolute Gasteiger partial charge is 0.385 e. The van der Waals surface area contributed by atoms with Crippen LogP contribution in [-0.2, 0) is 10.0 Å². The molecule has 0 radical (unpaired) electrons. The van der Waals surface area contributed by atoms with Crippen LogP contribution in [-0.4, -0.2) is 38.2 Å². The van der Waals surface area contributed by atoms with E-state index in [1.54, 1.807) is 20.8 Å². The van der Waals surface area contributed by atoms with Crippen LogP contribution in [0, 0.1) is 6.92 Å². The first kappa shape index (κ1) is 23.4. The van der Waals surface area contributed by atoms with Crippen LogP contribution in [0.3, 0.4) is 0 Å². The van der Waals surface area contributed by atoms with Crippen LogP contribution in [0.1, 0.15) is 69.8 Å². The molecular formula is C20H35N3O3S. The quantitative estimate of drug-likeness (QED) is 0.528. The second kappa shape index (κ2) is 10.1. The van der Waals surface area contributed by atoms with Crippen LogP contribution in [0.4, 0.5) is 5.69 Å². The zero-order valence-electron chi connectivity index (χ0n) is 17.5. The van der Waals surface area contributed by atoms with Crippen LogP contribution in [0.15, 0.2) is 18.2 Å². The monoisotopic (exact) mass is 397 g/mol. The van der Waals surface area contributed by atoms with Crippen LogP contribution >= 0.6 is 0 Å². The van der Waals surface area contributed by atoms with Gasteiger partial charge in [-0.3, -0.25) is 4.79 Å². The molecule has 0 unspecified atom stereocenters. The van der Waals surface area contributed by atoms with Gasteiger partial charge in [-0.25, -0.2) is 13.1 Å². The van der Waals surface area contributed by atoms with Crippen molar-refractivity contribution in [1.29, 1.82) is 0 Å². The number of rotatable bonds is 10. The molecule has 0 atom stereocenters. The predicted octanol–water partition coefficient (Wildman–Crippen LogP) is 3.43. The molecule has 0 saturated carbocycles. The van der Waals surface area contributed by atoms with Gasteiger partial charge < -0.3 is 10.6 Å². The van der Waals surface area contributed by atoms with Gasteiger partial charge in [0.05, 0.1) is 4.75 Å². The number of unbranched alkanes of at least 4 members (excludes halogenated alkanes) is 2. The molecule has 1 aromatic rings. The van der Waals surface area contributed by atoms with E-state index < -0.39 is 14.8 Å². The highest BCUT2D eigenvalue weighted by Gasteiger charge is 2.27. The predicted molar refractivity (Wildman–Crippen MR) is 113 cm³/mol. The molecule has 6 nitrogen and oxygen atoms in total. The molecule has 3 N–H and O–H groups in total. The van der Waals surface area contributed by atoms with Gasteiger partial charge in [0.15, 0.2) is 0 Å². The number of carbonyl (C=O) groups excluding carboxylic acids is 1. The molecule has 0 bridgehead atoms. The van der Waals surface area contributed by atoms with Crippen molar-refractivity contribution in [2.45, 2.75) is 71.6 Å². The third-order valence-corrected chi connectivity index (χ3v) is 6.24. The van der Waals surface area contributed by atoms with Crippen LogP contribution in [0.2, 0.25) is 0 Å². The van der Waals surface area contributed by atoms with E-state index in [0.29, 0.717) is 12.1 Å². The summed E-state index contributed by atoms with van der Waals surface area (Å²) in [5.74, 6) is -0.0668. The number of hydrogen-bond donors (Lipinski definition) is 3. The lowest BCUT2D eigenvalue weighted by molar-refractivity contribution is 0.0943. The average molecular weight is 398 g/mol. The number of amides is 1. The van der Waals surface area contributed by atoms with Crippen molar-refractivity contribution in [1.82, 2.24) is 10.0 Å². The molecule has 1 amide bonds. The first-order chi connectivity index (χ1) is 12.4. The van der Waals surface area contributed by atoms with E-state index in [1.165, 1.54) is 0 Å². The summed E-state index contributed by atoms with van der Waals surface area (Å²) < 4.78 is 25.8. The van der Waals surface area contributed by atoms with Gasteiger partial charge in [0.25, 0.3) is 5.91 Å². The van der Waals surface area contributed by atoms with Crippen molar-refractivity contribution in [2.24, 2.45) is 0 Å². The maximum atomic E-state index is 12.2. The minimum absolute atomic E-state index is 0.0668. The van der Waals surface area contributed by atoms with Crippen LogP contribution in [0.25, 0.3) is 0 Å². The SMILES string of the molecule is Cc1cc(NCCCCCNS(=O)(=O)C(C)(C)C)cc(C(=O)NC(C)C)c1. The van der Waals surface area contributed by atoms with E-state index in [9.17, 15) is 13.2 Å². The molecule has 0 aliphatic heterocycles. The Bertz CT molecular complexity index is 722. The van der Waals surface area contributed by atoms with Crippen molar-refractivity contribution < 1.29 is 13.2 Å². The highest BCUT2D eigenvalue weighted by molar-refractivity contribution is 7.90. The summed E-state index contributed by atoms with van der Waals surface area (Å²) in [6, 6.07) is 5.86. The van der Waals surface area contributed by atoms with Gasteiger partial charge in [0.2, 0.25) is 10.0 Å². The summed E-state index contributed by atoms with van der Waals surface area (Å²) in [5.41, 5.74) is 2.62. The van der Waals surface area contributed by atoms with Gasteiger partial charge in [-0.15, -0.1) is 0 Å². The number of carbonyl (C=O) groups is 1. The molecule has 1 aromatic carbocycles. The molecule has 7 heteroatoms. The van der Waals surface area contributed by atoms with Crippen LogP contribution < -0.4 is 15.4 Å². The Kier molecular flexibility index (Phi) is 8.75. The van der Waals surface area contributed by atoms with E-state index in [0.717, 1.165) is 37.1 Å². The standard InChI is InChI=1S/C20H35N3O3S/c1-15(2)23-19(24)17-12-16(3)13-18(14-17)21-10-8-7-9-11-22-27(25,26)20(4,5)6/h12-15,21-22H,7-11H2,1-6H3,(H,23,24). The lowest BCUT2D eigenvalue weighted by atomic mass is 10.1. The number of anilines is 1. The fourth-order valence-corrected chi connectivity index (χ4v) is 3.29.